The number of methoxy groups -OCH3 is 1. The molecule has 0 saturated heterocycles. The quantitative estimate of drug-likeness (QED) is 0.522. The van der Waals surface area contributed by atoms with E-state index in [1.165, 1.54) is 0 Å². The highest BCUT2D eigenvalue weighted by Gasteiger charge is 2.49. The Kier molecular flexibility index (Phi) is 3.99. The van der Waals surface area contributed by atoms with E-state index >= 15 is 0 Å². The largest absolute Gasteiger partial charge is 0.466 e. The number of hydrogen-bond donors (Lipinski definition) is 0. The van der Waals surface area contributed by atoms with Crippen molar-refractivity contribution in [3.63, 3.8) is 0 Å². The summed E-state index contributed by atoms with van der Waals surface area (Å²) in [6.07, 6.45) is -8.00. The third-order valence-electron chi connectivity index (χ3n) is 0.923. The number of carbonyl (C=O) groups is 2. The monoisotopic (exact) mass is 220 g/mol. The van der Waals surface area contributed by atoms with Crippen LogP contribution in [0.5, 0.6) is 0 Å². The van der Waals surface area contributed by atoms with Gasteiger partial charge in [-0.2, -0.15) is 13.2 Å². The Labute approximate surface area is 75.5 Å². The molecule has 0 aromatic carbocycles. The number of alkyl halides is 3. The van der Waals surface area contributed by atoms with E-state index in [0.717, 1.165) is 7.11 Å². The van der Waals surface area contributed by atoms with E-state index in [1.54, 1.807) is 0 Å². The van der Waals surface area contributed by atoms with Crippen molar-refractivity contribution in [3.8, 4) is 0 Å². The van der Waals surface area contributed by atoms with E-state index < -0.39 is 23.7 Å². The maximum Gasteiger partial charge on any atom is 0.436 e. The van der Waals surface area contributed by atoms with Crippen molar-refractivity contribution in [3.05, 3.63) is 0 Å². The molecule has 0 aromatic rings. The number of halogens is 4. The van der Waals surface area contributed by atoms with E-state index in [4.69, 9.17) is 0 Å². The van der Waals surface area contributed by atoms with Gasteiger partial charge in [-0.15, -0.1) is 0 Å². The SMILES string of the molecule is COC(=O)C(OC(=O)Cl)C(F)(F)F. The van der Waals surface area contributed by atoms with Crippen LogP contribution >= 0.6 is 11.6 Å². The maximum absolute atomic E-state index is 11.9. The van der Waals surface area contributed by atoms with Crippen LogP contribution in [0.25, 0.3) is 0 Å². The van der Waals surface area contributed by atoms with Crippen molar-refractivity contribution in [2.45, 2.75) is 12.3 Å². The first-order valence-corrected chi connectivity index (χ1v) is 3.17. The number of rotatable bonds is 2. The van der Waals surface area contributed by atoms with Gasteiger partial charge in [0.1, 0.15) is 0 Å². The molecule has 0 fully saturated rings. The fourth-order valence-corrected chi connectivity index (χ4v) is 0.537. The van der Waals surface area contributed by atoms with Gasteiger partial charge in [0.05, 0.1) is 7.11 Å². The van der Waals surface area contributed by atoms with Crippen LogP contribution in [0, 0.1) is 0 Å². The van der Waals surface area contributed by atoms with Gasteiger partial charge < -0.3 is 9.47 Å². The molecular weight excluding hydrogens is 216 g/mol. The third kappa shape index (κ3) is 3.97. The molecule has 1 atom stereocenters. The van der Waals surface area contributed by atoms with Gasteiger partial charge in [-0.3, -0.25) is 0 Å². The van der Waals surface area contributed by atoms with Crippen molar-refractivity contribution >= 4 is 23.0 Å². The summed E-state index contributed by atoms with van der Waals surface area (Å²) in [7, 11) is 0.725. The minimum atomic E-state index is -5.03. The van der Waals surface area contributed by atoms with Crippen LogP contribution in [0.1, 0.15) is 0 Å². The third-order valence-corrected chi connectivity index (χ3v) is 1.01. The lowest BCUT2D eigenvalue weighted by Crippen LogP contribution is -2.40. The number of carbonyl (C=O) groups excluding carboxylic acids is 2. The first-order valence-electron chi connectivity index (χ1n) is 2.79. The summed E-state index contributed by atoms with van der Waals surface area (Å²) in [5, 5.41) is 0. The van der Waals surface area contributed by atoms with Crippen LogP contribution in [0.15, 0.2) is 0 Å². The molecule has 0 spiro atoms. The van der Waals surface area contributed by atoms with Crippen molar-refractivity contribution in [2.24, 2.45) is 0 Å². The second kappa shape index (κ2) is 4.31. The van der Waals surface area contributed by atoms with Crippen LogP contribution in [0.3, 0.4) is 0 Å². The molecule has 4 nitrogen and oxygen atoms in total. The van der Waals surface area contributed by atoms with Gasteiger partial charge in [0.25, 0.3) is 6.10 Å². The molecule has 0 heterocycles. The minimum Gasteiger partial charge on any atom is -0.466 e. The molecule has 0 N–H and O–H groups in total. The average Bonchev–Trinajstić information content (AvgIpc) is 1.96. The van der Waals surface area contributed by atoms with Gasteiger partial charge in [-0.05, 0) is 0 Å². The Morgan fingerprint density at radius 3 is 2.08 bits per heavy atom. The Morgan fingerprint density at radius 1 is 1.38 bits per heavy atom. The molecule has 1 unspecified atom stereocenters. The van der Waals surface area contributed by atoms with Gasteiger partial charge in [-0.25, -0.2) is 9.59 Å². The molecule has 0 aliphatic carbocycles. The van der Waals surface area contributed by atoms with E-state index in [2.05, 4.69) is 21.1 Å². The predicted octanol–water partition coefficient (Wildman–Crippen LogP) is 1.47. The van der Waals surface area contributed by atoms with Crippen LogP contribution < -0.4 is 0 Å². The predicted molar refractivity (Wildman–Crippen MR) is 34.2 cm³/mol. The van der Waals surface area contributed by atoms with Gasteiger partial charge >= 0.3 is 17.6 Å². The Balaban J connectivity index is 4.56. The van der Waals surface area contributed by atoms with E-state index in [9.17, 15) is 22.8 Å². The fourth-order valence-electron chi connectivity index (χ4n) is 0.448. The summed E-state index contributed by atoms with van der Waals surface area (Å²) in [5.74, 6) is -1.73. The topological polar surface area (TPSA) is 52.6 Å². The van der Waals surface area contributed by atoms with E-state index in [1.807, 2.05) is 0 Å². The second-order valence-corrected chi connectivity index (χ2v) is 2.11. The molecule has 76 valence electrons. The maximum atomic E-state index is 11.9. The number of esters is 1. The van der Waals surface area contributed by atoms with Crippen LogP contribution in [-0.2, 0) is 14.3 Å². The fraction of sp³-hybridized carbons (Fsp3) is 0.600. The first-order chi connectivity index (χ1) is 5.79. The smallest absolute Gasteiger partial charge is 0.436 e. The molecule has 8 heteroatoms. The van der Waals surface area contributed by atoms with Crippen molar-refractivity contribution < 1.29 is 32.2 Å². The molecule has 0 aromatic heterocycles. The van der Waals surface area contributed by atoms with Gasteiger partial charge in [0.15, 0.2) is 0 Å². The Bertz CT molecular complexity index is 214. The van der Waals surface area contributed by atoms with Gasteiger partial charge in [0, 0.05) is 11.6 Å². The van der Waals surface area contributed by atoms with E-state index in [0.29, 0.717) is 0 Å². The zero-order valence-electron chi connectivity index (χ0n) is 6.22. The summed E-state index contributed by atoms with van der Waals surface area (Å²) in [6.45, 7) is 0. The van der Waals surface area contributed by atoms with Crippen molar-refractivity contribution in [2.75, 3.05) is 7.11 Å². The zero-order chi connectivity index (χ0) is 10.6. The minimum absolute atomic E-state index is 0.725. The van der Waals surface area contributed by atoms with Gasteiger partial charge in [-0.1, -0.05) is 0 Å². The molecule has 13 heavy (non-hydrogen) atoms. The van der Waals surface area contributed by atoms with Gasteiger partial charge in [0.2, 0.25) is 0 Å². The number of hydrogen-bond acceptors (Lipinski definition) is 4. The lowest BCUT2D eigenvalue weighted by Gasteiger charge is -2.16. The Hall–Kier alpha value is -0.980. The Morgan fingerprint density at radius 2 is 1.85 bits per heavy atom. The highest BCUT2D eigenvalue weighted by molar-refractivity contribution is 6.61. The molecule has 0 radical (unpaired) electrons. The zero-order valence-corrected chi connectivity index (χ0v) is 6.98. The lowest BCUT2D eigenvalue weighted by molar-refractivity contribution is -0.214. The van der Waals surface area contributed by atoms with Crippen molar-refractivity contribution in [1.29, 1.82) is 0 Å². The summed E-state index contributed by atoms with van der Waals surface area (Å²) in [5.41, 5.74) is -1.73. The molecule has 0 aliphatic heterocycles. The number of ether oxygens (including phenoxy) is 2. The lowest BCUT2D eigenvalue weighted by atomic mass is 10.3. The normalized spacial score (nSPS) is 13.3. The molecule has 0 amide bonds. The first kappa shape index (κ1) is 12.0. The van der Waals surface area contributed by atoms with Crippen LogP contribution in [0.2, 0.25) is 0 Å². The summed E-state index contributed by atoms with van der Waals surface area (Å²) in [4.78, 5) is 20.4. The van der Waals surface area contributed by atoms with E-state index in [-0.39, 0.29) is 0 Å². The highest BCUT2D eigenvalue weighted by atomic mass is 35.5. The molecule has 0 aliphatic rings. The molecule has 0 saturated carbocycles. The summed E-state index contributed by atoms with van der Waals surface area (Å²) >= 11 is 4.51. The van der Waals surface area contributed by atoms with Crippen molar-refractivity contribution in [1.82, 2.24) is 0 Å². The average molecular weight is 221 g/mol. The molecule has 0 bridgehead atoms. The second-order valence-electron chi connectivity index (χ2n) is 1.80. The highest BCUT2D eigenvalue weighted by Crippen LogP contribution is 2.24. The standard InChI is InChI=1S/C5H4ClF3O4/c1-12-3(10)2(5(7,8)9)13-4(6)11/h2H,1H3. The summed E-state index contributed by atoms with van der Waals surface area (Å²) < 4.78 is 42.9. The van der Waals surface area contributed by atoms with Crippen LogP contribution in [0.4, 0.5) is 18.0 Å². The molecular formula is C5H4ClF3O4. The summed E-state index contributed by atoms with van der Waals surface area (Å²) in [6, 6.07) is 0. The molecule has 0 rings (SSSR count). The van der Waals surface area contributed by atoms with Crippen LogP contribution in [-0.4, -0.2) is 30.8 Å².